The number of aliphatic imine (C=N–C) groups is 1. The van der Waals surface area contributed by atoms with E-state index in [0.29, 0.717) is 28.2 Å². The van der Waals surface area contributed by atoms with E-state index in [1.807, 2.05) is 24.3 Å². The number of carbonyl (C=O) groups excluding carboxylic acids is 2. The number of anilines is 1. The third-order valence-electron chi connectivity index (χ3n) is 4.73. The van der Waals surface area contributed by atoms with E-state index in [4.69, 9.17) is 10.5 Å². The molecule has 1 aliphatic rings. The van der Waals surface area contributed by atoms with Crippen LogP contribution in [0.25, 0.3) is 6.08 Å². The molecule has 0 bridgehead atoms. The second kappa shape index (κ2) is 9.17. The number of ether oxygens (including phenoxy) is 1. The normalized spacial score (nSPS) is 16.2. The van der Waals surface area contributed by atoms with E-state index < -0.39 is 11.2 Å². The molecule has 2 aromatic rings. The molecule has 0 aromatic heterocycles. The molecule has 7 heteroatoms. The van der Waals surface area contributed by atoms with Gasteiger partial charge in [-0.05, 0) is 42.2 Å². The maximum absolute atomic E-state index is 13.2. The lowest BCUT2D eigenvalue weighted by Crippen LogP contribution is -2.33. The van der Waals surface area contributed by atoms with E-state index >= 15 is 0 Å². The summed E-state index contributed by atoms with van der Waals surface area (Å²) in [6, 6.07) is 15.2. The monoisotopic (exact) mass is 423 g/mol. The summed E-state index contributed by atoms with van der Waals surface area (Å²) in [6.07, 6.45) is 1.75. The number of nitrogens with zero attached hydrogens (tertiary/aromatic N) is 2. The van der Waals surface area contributed by atoms with Crippen molar-refractivity contribution in [3.8, 4) is 5.75 Å². The summed E-state index contributed by atoms with van der Waals surface area (Å²) in [6.45, 7) is 5.96. The number of hydrogen-bond acceptors (Lipinski definition) is 5. The van der Waals surface area contributed by atoms with Gasteiger partial charge in [0, 0.05) is 6.07 Å². The molecule has 2 N–H and O–H groups in total. The largest absolute Gasteiger partial charge is 0.497 e. The van der Waals surface area contributed by atoms with Crippen molar-refractivity contribution in [1.29, 1.82) is 0 Å². The first-order chi connectivity index (χ1) is 14.3. The minimum absolute atomic E-state index is 0.268. The van der Waals surface area contributed by atoms with Crippen LogP contribution in [-0.2, 0) is 9.59 Å². The molecule has 2 aromatic carbocycles. The molecular weight excluding hydrogens is 398 g/mol. The highest BCUT2D eigenvalue weighted by Crippen LogP contribution is 2.32. The van der Waals surface area contributed by atoms with Crippen molar-refractivity contribution in [2.45, 2.75) is 31.9 Å². The van der Waals surface area contributed by atoms with E-state index in [2.05, 4.69) is 18.8 Å². The molecule has 156 valence electrons. The maximum atomic E-state index is 13.2. The van der Waals surface area contributed by atoms with Crippen LogP contribution in [0.2, 0.25) is 0 Å². The molecule has 0 radical (unpaired) electrons. The maximum Gasteiger partial charge on any atom is 0.283 e. The van der Waals surface area contributed by atoms with Gasteiger partial charge in [-0.3, -0.25) is 14.5 Å². The number of carbonyl (C=O) groups is 2. The Hall–Kier alpha value is -3.06. The number of amidine groups is 1. The standard InChI is InChI=1S/C23H25N3O3S/c1-14(2)17-10-8-16(9-11-17)12-20-22(28)26(18-6-5-7-19(13-18)29-4)23(25-20)30-15(3)21(24)27/h5-15H,1-4H3,(H2,24,27)/b20-12+. The van der Waals surface area contributed by atoms with Gasteiger partial charge in [0.1, 0.15) is 11.4 Å². The number of amides is 2. The molecule has 3 rings (SSSR count). The van der Waals surface area contributed by atoms with E-state index in [9.17, 15) is 9.59 Å². The topological polar surface area (TPSA) is 85.0 Å². The lowest BCUT2D eigenvalue weighted by Gasteiger charge is -2.19. The fraction of sp³-hybridized carbons (Fsp3) is 0.261. The minimum Gasteiger partial charge on any atom is -0.497 e. The van der Waals surface area contributed by atoms with Crippen molar-refractivity contribution < 1.29 is 14.3 Å². The van der Waals surface area contributed by atoms with E-state index in [1.54, 1.807) is 44.4 Å². The molecule has 0 saturated carbocycles. The van der Waals surface area contributed by atoms with Gasteiger partial charge in [0.25, 0.3) is 5.91 Å². The van der Waals surface area contributed by atoms with Crippen LogP contribution in [0.4, 0.5) is 5.69 Å². The van der Waals surface area contributed by atoms with Crippen molar-refractivity contribution in [3.05, 3.63) is 65.4 Å². The fourth-order valence-corrected chi connectivity index (χ4v) is 3.78. The number of rotatable bonds is 6. The van der Waals surface area contributed by atoms with Crippen molar-refractivity contribution >= 4 is 40.5 Å². The first-order valence-electron chi connectivity index (χ1n) is 9.65. The Bertz CT molecular complexity index is 1010. The minimum atomic E-state index is -0.533. The Kier molecular flexibility index (Phi) is 6.62. The smallest absolute Gasteiger partial charge is 0.283 e. The fourth-order valence-electron chi connectivity index (χ4n) is 2.90. The van der Waals surface area contributed by atoms with Gasteiger partial charge < -0.3 is 10.5 Å². The summed E-state index contributed by atoms with van der Waals surface area (Å²) in [5.41, 5.74) is 8.44. The number of nitrogens with two attached hydrogens (primary N) is 1. The first kappa shape index (κ1) is 21.6. The summed E-state index contributed by atoms with van der Waals surface area (Å²) in [4.78, 5) is 30.8. The van der Waals surface area contributed by atoms with Crippen molar-refractivity contribution in [3.63, 3.8) is 0 Å². The number of hydrogen-bond donors (Lipinski definition) is 1. The molecule has 1 heterocycles. The first-order valence-corrected chi connectivity index (χ1v) is 10.5. The molecular formula is C23H25N3O3S. The van der Waals surface area contributed by atoms with Crippen LogP contribution in [0.1, 0.15) is 37.8 Å². The molecule has 2 amide bonds. The van der Waals surface area contributed by atoms with E-state index in [-0.39, 0.29) is 5.91 Å². The molecule has 1 unspecified atom stereocenters. The third kappa shape index (κ3) is 4.74. The predicted molar refractivity (Wildman–Crippen MR) is 123 cm³/mol. The Labute approximate surface area is 180 Å². The SMILES string of the molecule is COc1cccc(N2C(=O)/C(=C\c3ccc(C(C)C)cc3)N=C2SC(C)C(N)=O)c1. The van der Waals surface area contributed by atoms with Crippen molar-refractivity contribution in [2.24, 2.45) is 10.7 Å². The number of thioether (sulfide) groups is 1. The average molecular weight is 424 g/mol. The van der Waals surface area contributed by atoms with Gasteiger partial charge in [0.15, 0.2) is 5.17 Å². The van der Waals surface area contributed by atoms with Gasteiger partial charge in [-0.1, -0.05) is 55.9 Å². The highest BCUT2D eigenvalue weighted by Gasteiger charge is 2.34. The molecule has 6 nitrogen and oxygen atoms in total. The molecule has 0 aliphatic carbocycles. The number of primary amides is 1. The molecule has 0 fully saturated rings. The Morgan fingerprint density at radius 1 is 1.17 bits per heavy atom. The van der Waals surface area contributed by atoms with Crippen LogP contribution >= 0.6 is 11.8 Å². The Morgan fingerprint density at radius 2 is 1.87 bits per heavy atom. The van der Waals surface area contributed by atoms with Gasteiger partial charge in [0.05, 0.1) is 18.0 Å². The quantitative estimate of drug-likeness (QED) is 0.707. The highest BCUT2D eigenvalue weighted by atomic mass is 32.2. The number of benzene rings is 2. The van der Waals surface area contributed by atoms with Gasteiger partial charge in [0.2, 0.25) is 5.91 Å². The zero-order chi connectivity index (χ0) is 21.8. The van der Waals surface area contributed by atoms with Crippen LogP contribution in [0.3, 0.4) is 0 Å². The van der Waals surface area contributed by atoms with Crippen LogP contribution in [0, 0.1) is 0 Å². The highest BCUT2D eigenvalue weighted by molar-refractivity contribution is 8.15. The van der Waals surface area contributed by atoms with Gasteiger partial charge >= 0.3 is 0 Å². The molecule has 0 spiro atoms. The molecule has 0 saturated heterocycles. The second-order valence-electron chi connectivity index (χ2n) is 7.25. The Balaban J connectivity index is 1.99. The van der Waals surface area contributed by atoms with Crippen LogP contribution in [-0.4, -0.2) is 29.3 Å². The number of methoxy groups -OCH3 is 1. The average Bonchev–Trinajstić information content (AvgIpc) is 3.03. The van der Waals surface area contributed by atoms with Crippen LogP contribution in [0.15, 0.2) is 59.2 Å². The Morgan fingerprint density at radius 3 is 2.47 bits per heavy atom. The van der Waals surface area contributed by atoms with Crippen molar-refractivity contribution in [2.75, 3.05) is 12.0 Å². The summed E-state index contributed by atoms with van der Waals surface area (Å²) in [5.74, 6) is 0.312. The summed E-state index contributed by atoms with van der Waals surface area (Å²) in [5, 5.41) is -0.126. The van der Waals surface area contributed by atoms with Crippen molar-refractivity contribution in [1.82, 2.24) is 0 Å². The predicted octanol–water partition coefficient (Wildman–Crippen LogP) is 4.17. The zero-order valence-corrected chi connectivity index (χ0v) is 18.3. The second-order valence-corrected chi connectivity index (χ2v) is 8.56. The van der Waals surface area contributed by atoms with E-state index in [1.165, 1.54) is 10.5 Å². The van der Waals surface area contributed by atoms with Crippen LogP contribution < -0.4 is 15.4 Å². The lowest BCUT2D eigenvalue weighted by molar-refractivity contribution is -0.117. The van der Waals surface area contributed by atoms with Gasteiger partial charge in [-0.15, -0.1) is 0 Å². The third-order valence-corrected chi connectivity index (χ3v) is 5.80. The molecule has 1 aliphatic heterocycles. The summed E-state index contributed by atoms with van der Waals surface area (Å²) >= 11 is 1.16. The molecule has 30 heavy (non-hydrogen) atoms. The zero-order valence-electron chi connectivity index (χ0n) is 17.5. The summed E-state index contributed by atoms with van der Waals surface area (Å²) < 4.78 is 5.28. The lowest BCUT2D eigenvalue weighted by atomic mass is 10.0. The van der Waals surface area contributed by atoms with E-state index in [0.717, 1.165) is 17.3 Å². The van der Waals surface area contributed by atoms with Gasteiger partial charge in [-0.25, -0.2) is 4.99 Å². The molecule has 1 atom stereocenters. The van der Waals surface area contributed by atoms with Gasteiger partial charge in [-0.2, -0.15) is 0 Å². The summed E-state index contributed by atoms with van der Waals surface area (Å²) in [7, 11) is 1.57. The van der Waals surface area contributed by atoms with Crippen LogP contribution in [0.5, 0.6) is 5.75 Å².